The molecule has 0 bridgehead atoms. The minimum Gasteiger partial charge on any atom is -0.386 e. The van der Waals surface area contributed by atoms with Crippen molar-refractivity contribution in [1.29, 1.82) is 0 Å². The molecule has 3 N–H and O–H groups in total. The van der Waals surface area contributed by atoms with Crippen molar-refractivity contribution in [1.82, 2.24) is 15.6 Å². The molecule has 0 fully saturated rings. The summed E-state index contributed by atoms with van der Waals surface area (Å²) in [4.78, 5) is 7.75. The first-order chi connectivity index (χ1) is 12.8. The molecule has 0 aliphatic carbocycles. The molecule has 0 aliphatic heterocycles. The number of hydrogen-bond acceptors (Lipinski definition) is 4. The quantitative estimate of drug-likeness (QED) is 0.377. The predicted octanol–water partition coefficient (Wildman–Crippen LogP) is 3.13. The van der Waals surface area contributed by atoms with Crippen LogP contribution < -0.4 is 10.6 Å². The lowest BCUT2D eigenvalue weighted by Crippen LogP contribution is -2.38. The van der Waals surface area contributed by atoms with Crippen molar-refractivity contribution in [3.63, 3.8) is 0 Å². The zero-order chi connectivity index (χ0) is 19.9. The highest BCUT2D eigenvalue weighted by Crippen LogP contribution is 2.30. The second-order valence-corrected chi connectivity index (χ2v) is 6.50. The van der Waals surface area contributed by atoms with Gasteiger partial charge in [0.25, 0.3) is 0 Å². The van der Waals surface area contributed by atoms with Gasteiger partial charge in [-0.1, -0.05) is 18.2 Å². The molecular formula is C17H20F4N4OS. The van der Waals surface area contributed by atoms with Gasteiger partial charge in [-0.3, -0.25) is 4.99 Å². The van der Waals surface area contributed by atoms with Crippen LogP contribution in [-0.2, 0) is 12.6 Å². The summed E-state index contributed by atoms with van der Waals surface area (Å²) in [5.74, 6) is -0.136. The Labute approximate surface area is 158 Å². The molecule has 1 heterocycles. The average molecular weight is 404 g/mol. The first kappa shape index (κ1) is 21.1. The van der Waals surface area contributed by atoms with Gasteiger partial charge in [0.2, 0.25) is 0 Å². The molecule has 10 heteroatoms. The number of aromatic nitrogens is 1. The fraction of sp³-hybridized carbons (Fsp3) is 0.412. The van der Waals surface area contributed by atoms with Crippen molar-refractivity contribution in [2.75, 3.05) is 19.6 Å². The zero-order valence-electron chi connectivity index (χ0n) is 14.6. The van der Waals surface area contributed by atoms with Crippen LogP contribution in [0.4, 0.5) is 17.6 Å². The Hall–Kier alpha value is -2.20. The highest BCUT2D eigenvalue weighted by molar-refractivity contribution is 7.09. The summed E-state index contributed by atoms with van der Waals surface area (Å²) in [5.41, 5.74) is -0.740. The third kappa shape index (κ3) is 6.47. The number of aliphatic imine (C=N–C) groups is 1. The number of halogens is 4. The Balaban J connectivity index is 1.90. The predicted molar refractivity (Wildman–Crippen MR) is 96.2 cm³/mol. The van der Waals surface area contributed by atoms with Crippen molar-refractivity contribution in [3.8, 4) is 0 Å². The van der Waals surface area contributed by atoms with Crippen molar-refractivity contribution >= 4 is 17.3 Å². The van der Waals surface area contributed by atoms with E-state index in [0.717, 1.165) is 16.7 Å². The highest BCUT2D eigenvalue weighted by Gasteiger charge is 2.33. The summed E-state index contributed by atoms with van der Waals surface area (Å²) in [6.45, 7) is 2.65. The number of hydrogen-bond donors (Lipinski definition) is 3. The number of nitrogens with one attached hydrogen (secondary N) is 2. The Morgan fingerprint density at radius 1 is 1.30 bits per heavy atom. The van der Waals surface area contributed by atoms with E-state index >= 15 is 0 Å². The largest absolute Gasteiger partial charge is 0.434 e. The van der Waals surface area contributed by atoms with E-state index < -0.39 is 23.8 Å². The molecule has 0 saturated carbocycles. The number of rotatable bonds is 7. The van der Waals surface area contributed by atoms with Crippen LogP contribution in [-0.4, -0.2) is 35.7 Å². The van der Waals surface area contributed by atoms with Crippen LogP contribution in [0, 0.1) is 5.82 Å². The second-order valence-electron chi connectivity index (χ2n) is 5.56. The summed E-state index contributed by atoms with van der Waals surface area (Å²) in [7, 11) is 0. The molecule has 1 unspecified atom stereocenters. The molecule has 2 aromatic rings. The van der Waals surface area contributed by atoms with Crippen LogP contribution in [0.3, 0.4) is 0 Å². The van der Waals surface area contributed by atoms with Crippen LogP contribution >= 0.6 is 11.3 Å². The van der Waals surface area contributed by atoms with Crippen molar-refractivity contribution < 1.29 is 22.7 Å². The van der Waals surface area contributed by atoms with Crippen LogP contribution in [0.25, 0.3) is 0 Å². The van der Waals surface area contributed by atoms with E-state index in [2.05, 4.69) is 20.6 Å². The number of alkyl halides is 3. The van der Waals surface area contributed by atoms with Gasteiger partial charge in [-0.2, -0.15) is 13.2 Å². The molecule has 0 saturated heterocycles. The van der Waals surface area contributed by atoms with E-state index in [4.69, 9.17) is 0 Å². The third-order valence-corrected chi connectivity index (χ3v) is 4.41. The van der Waals surface area contributed by atoms with E-state index in [9.17, 15) is 22.7 Å². The monoisotopic (exact) mass is 404 g/mol. The fourth-order valence-corrected chi connectivity index (χ4v) is 3.01. The van der Waals surface area contributed by atoms with Gasteiger partial charge in [0.05, 0.1) is 11.6 Å². The summed E-state index contributed by atoms with van der Waals surface area (Å²) in [6.07, 6.45) is -5.25. The normalized spacial score (nSPS) is 13.5. The van der Waals surface area contributed by atoms with E-state index in [1.54, 1.807) is 6.07 Å². The summed E-state index contributed by atoms with van der Waals surface area (Å²) in [6, 6.07) is 5.90. The Morgan fingerprint density at radius 3 is 2.67 bits per heavy atom. The van der Waals surface area contributed by atoms with Crippen molar-refractivity contribution in [3.05, 3.63) is 51.7 Å². The van der Waals surface area contributed by atoms with Gasteiger partial charge in [0, 0.05) is 30.5 Å². The van der Waals surface area contributed by atoms with Gasteiger partial charge < -0.3 is 15.7 Å². The first-order valence-corrected chi connectivity index (χ1v) is 9.15. The van der Waals surface area contributed by atoms with Gasteiger partial charge in [-0.25, -0.2) is 9.37 Å². The molecule has 0 spiro atoms. The third-order valence-electron chi connectivity index (χ3n) is 3.50. The van der Waals surface area contributed by atoms with Crippen LogP contribution in [0.5, 0.6) is 0 Å². The molecular weight excluding hydrogens is 384 g/mol. The minimum absolute atomic E-state index is 0.0637. The minimum atomic E-state index is -4.44. The number of benzene rings is 1. The molecule has 1 atom stereocenters. The van der Waals surface area contributed by atoms with Crippen molar-refractivity contribution in [2.45, 2.75) is 25.6 Å². The molecule has 27 heavy (non-hydrogen) atoms. The van der Waals surface area contributed by atoms with E-state index in [1.165, 1.54) is 18.2 Å². The summed E-state index contributed by atoms with van der Waals surface area (Å²) in [5, 5.41) is 17.3. The average Bonchev–Trinajstić information content (AvgIpc) is 3.09. The molecule has 0 aliphatic rings. The second kappa shape index (κ2) is 9.65. The van der Waals surface area contributed by atoms with Crippen LogP contribution in [0.1, 0.15) is 29.3 Å². The maximum Gasteiger partial charge on any atom is 0.434 e. The highest BCUT2D eigenvalue weighted by atomic mass is 32.1. The van der Waals surface area contributed by atoms with E-state index in [-0.39, 0.29) is 12.1 Å². The lowest BCUT2D eigenvalue weighted by Gasteiger charge is -2.13. The molecule has 5 nitrogen and oxygen atoms in total. The van der Waals surface area contributed by atoms with Crippen molar-refractivity contribution in [2.24, 2.45) is 4.99 Å². The van der Waals surface area contributed by atoms with Gasteiger partial charge in [-0.05, 0) is 13.0 Å². The fourth-order valence-electron chi connectivity index (χ4n) is 2.21. The smallest absolute Gasteiger partial charge is 0.386 e. The number of nitrogens with zero attached hydrogens (tertiary/aromatic N) is 2. The number of aliphatic hydroxyl groups excluding tert-OH is 1. The lowest BCUT2D eigenvalue weighted by atomic mass is 10.1. The maximum absolute atomic E-state index is 13.7. The Kier molecular flexibility index (Phi) is 7.55. The summed E-state index contributed by atoms with van der Waals surface area (Å²) >= 11 is 0.946. The molecule has 148 valence electrons. The van der Waals surface area contributed by atoms with Gasteiger partial charge in [-0.15, -0.1) is 11.3 Å². The van der Waals surface area contributed by atoms with Crippen LogP contribution in [0.2, 0.25) is 0 Å². The first-order valence-electron chi connectivity index (χ1n) is 8.27. The van der Waals surface area contributed by atoms with Gasteiger partial charge >= 0.3 is 6.18 Å². The number of aliphatic hydroxyl groups is 1. The van der Waals surface area contributed by atoms with Gasteiger partial charge in [0.1, 0.15) is 11.9 Å². The van der Waals surface area contributed by atoms with Gasteiger partial charge in [0.15, 0.2) is 11.7 Å². The molecule has 0 amide bonds. The van der Waals surface area contributed by atoms with Crippen LogP contribution in [0.15, 0.2) is 34.6 Å². The lowest BCUT2D eigenvalue weighted by molar-refractivity contribution is -0.140. The molecule has 1 aromatic carbocycles. The van der Waals surface area contributed by atoms with E-state index in [1.807, 2.05) is 6.92 Å². The topological polar surface area (TPSA) is 69.5 Å². The Bertz CT molecular complexity index is 763. The summed E-state index contributed by atoms with van der Waals surface area (Å²) < 4.78 is 51.3. The Morgan fingerprint density at radius 2 is 2.04 bits per heavy atom. The SMILES string of the molecule is CCNC(=NCC(O)c1ccccc1F)NCCc1nc(C(F)(F)F)cs1. The number of guanidine groups is 1. The zero-order valence-corrected chi connectivity index (χ0v) is 15.4. The molecule has 2 rings (SSSR count). The standard InChI is InChI=1S/C17H20F4N4OS/c1-2-22-16(24-9-13(26)11-5-3-4-6-12(11)18)23-8-7-15-25-14(10-27-15)17(19,20)21/h3-6,10,13,26H,2,7-9H2,1H3,(H2,22,23,24). The maximum atomic E-state index is 13.7. The molecule has 1 aromatic heterocycles. The molecule has 0 radical (unpaired) electrons. The number of thiazole rings is 1. The van der Waals surface area contributed by atoms with E-state index in [0.29, 0.717) is 30.5 Å².